The van der Waals surface area contributed by atoms with Gasteiger partial charge in [-0.25, -0.2) is 0 Å². The zero-order chi connectivity index (χ0) is 9.52. The summed E-state index contributed by atoms with van der Waals surface area (Å²) in [6.07, 6.45) is 4.27. The smallest absolute Gasteiger partial charge is 0.0486 e. The molecule has 13 heavy (non-hydrogen) atoms. The van der Waals surface area contributed by atoms with Crippen LogP contribution in [0, 0.1) is 0 Å². The molecule has 4 heteroatoms. The van der Waals surface area contributed by atoms with Gasteiger partial charge in [0.05, 0.1) is 0 Å². The molecule has 0 bridgehead atoms. The Labute approximate surface area is 80.8 Å². The molecule has 0 spiro atoms. The molecule has 1 atom stereocenters. The largest absolute Gasteiger partial charge is 0.330 e. The first-order chi connectivity index (χ1) is 6.33. The van der Waals surface area contributed by atoms with Crippen molar-refractivity contribution in [1.82, 2.24) is 4.98 Å². The van der Waals surface area contributed by atoms with E-state index in [1.54, 1.807) is 12.4 Å². The number of nitrogens with zero attached hydrogens (tertiary/aromatic N) is 1. The monoisotopic (exact) mass is 198 g/mol. The Morgan fingerprint density at radius 2 is 2.08 bits per heavy atom. The van der Waals surface area contributed by atoms with Crippen LogP contribution in [-0.4, -0.2) is 21.5 Å². The third-order valence-corrected chi connectivity index (χ3v) is 3.05. The molecule has 0 aliphatic rings. The Hall–Kier alpha value is -0.740. The van der Waals surface area contributed by atoms with E-state index in [1.807, 2.05) is 12.1 Å². The van der Waals surface area contributed by atoms with E-state index in [9.17, 15) is 4.21 Å². The fourth-order valence-electron chi connectivity index (χ4n) is 0.981. The van der Waals surface area contributed by atoms with E-state index < -0.39 is 10.8 Å². The van der Waals surface area contributed by atoms with Gasteiger partial charge in [-0.15, -0.1) is 0 Å². The highest BCUT2D eigenvalue weighted by atomic mass is 32.2. The zero-order valence-electron chi connectivity index (χ0n) is 7.48. The quantitative estimate of drug-likeness (QED) is 0.757. The molecule has 0 saturated carbocycles. The highest BCUT2D eigenvalue weighted by Gasteiger charge is 1.99. The SMILES string of the molecule is NCCCS(=O)Cc1ccncc1. The van der Waals surface area contributed by atoms with E-state index in [0.717, 1.165) is 12.0 Å². The van der Waals surface area contributed by atoms with Gasteiger partial charge in [0, 0.05) is 34.7 Å². The van der Waals surface area contributed by atoms with Crippen LogP contribution in [0.4, 0.5) is 0 Å². The van der Waals surface area contributed by atoms with Crippen LogP contribution >= 0.6 is 0 Å². The molecule has 0 saturated heterocycles. The Morgan fingerprint density at radius 3 is 2.69 bits per heavy atom. The van der Waals surface area contributed by atoms with Crippen LogP contribution in [0.5, 0.6) is 0 Å². The Morgan fingerprint density at radius 1 is 1.38 bits per heavy atom. The van der Waals surface area contributed by atoms with Crippen LogP contribution in [-0.2, 0) is 16.6 Å². The van der Waals surface area contributed by atoms with Crippen molar-refractivity contribution in [2.45, 2.75) is 12.2 Å². The summed E-state index contributed by atoms with van der Waals surface area (Å²) in [4.78, 5) is 3.90. The van der Waals surface area contributed by atoms with E-state index >= 15 is 0 Å². The minimum atomic E-state index is -0.779. The summed E-state index contributed by atoms with van der Waals surface area (Å²) in [6, 6.07) is 3.78. The molecule has 1 rings (SSSR count). The molecule has 0 amide bonds. The van der Waals surface area contributed by atoms with Gasteiger partial charge < -0.3 is 5.73 Å². The Bertz CT molecular complexity index is 264. The van der Waals surface area contributed by atoms with Crippen LogP contribution in [0.3, 0.4) is 0 Å². The average molecular weight is 198 g/mol. The number of nitrogens with two attached hydrogens (primary N) is 1. The summed E-state index contributed by atoms with van der Waals surface area (Å²) in [6.45, 7) is 0.613. The highest BCUT2D eigenvalue weighted by molar-refractivity contribution is 7.84. The lowest BCUT2D eigenvalue weighted by Crippen LogP contribution is -2.07. The molecule has 0 fully saturated rings. The number of hydrogen-bond donors (Lipinski definition) is 1. The van der Waals surface area contributed by atoms with Crippen molar-refractivity contribution in [2.24, 2.45) is 5.73 Å². The number of hydrogen-bond acceptors (Lipinski definition) is 3. The van der Waals surface area contributed by atoms with Gasteiger partial charge >= 0.3 is 0 Å². The summed E-state index contributed by atoms with van der Waals surface area (Å²) in [5.74, 6) is 1.31. The fourth-order valence-corrected chi connectivity index (χ4v) is 2.18. The number of aromatic nitrogens is 1. The molecule has 0 aromatic carbocycles. The third-order valence-electron chi connectivity index (χ3n) is 1.65. The summed E-state index contributed by atoms with van der Waals surface area (Å²) in [5.41, 5.74) is 6.40. The van der Waals surface area contributed by atoms with Crippen LogP contribution in [0.15, 0.2) is 24.5 Å². The molecular weight excluding hydrogens is 184 g/mol. The molecule has 1 aromatic rings. The molecule has 0 radical (unpaired) electrons. The third kappa shape index (κ3) is 4.15. The molecule has 1 aromatic heterocycles. The number of pyridine rings is 1. The van der Waals surface area contributed by atoms with Crippen LogP contribution in [0.1, 0.15) is 12.0 Å². The minimum absolute atomic E-state index is 0.613. The van der Waals surface area contributed by atoms with Crippen molar-refractivity contribution >= 4 is 10.8 Å². The van der Waals surface area contributed by atoms with E-state index in [2.05, 4.69) is 4.98 Å². The van der Waals surface area contributed by atoms with E-state index in [0.29, 0.717) is 18.1 Å². The van der Waals surface area contributed by atoms with Crippen molar-refractivity contribution in [3.05, 3.63) is 30.1 Å². The van der Waals surface area contributed by atoms with Gasteiger partial charge in [-0.3, -0.25) is 9.19 Å². The first-order valence-corrected chi connectivity index (χ1v) is 5.75. The molecule has 2 N–H and O–H groups in total. The van der Waals surface area contributed by atoms with Crippen LogP contribution in [0.2, 0.25) is 0 Å². The van der Waals surface area contributed by atoms with Crippen molar-refractivity contribution in [1.29, 1.82) is 0 Å². The van der Waals surface area contributed by atoms with Gasteiger partial charge in [0.2, 0.25) is 0 Å². The lowest BCUT2D eigenvalue weighted by atomic mass is 10.3. The first-order valence-electron chi connectivity index (χ1n) is 4.27. The maximum absolute atomic E-state index is 11.4. The van der Waals surface area contributed by atoms with Crippen molar-refractivity contribution in [3.63, 3.8) is 0 Å². The number of rotatable bonds is 5. The summed E-state index contributed by atoms with van der Waals surface area (Å²) in [7, 11) is -0.779. The van der Waals surface area contributed by atoms with E-state index in [1.165, 1.54) is 0 Å². The fraction of sp³-hybridized carbons (Fsp3) is 0.444. The predicted molar refractivity (Wildman–Crippen MR) is 54.6 cm³/mol. The molecule has 0 aliphatic carbocycles. The normalized spacial score (nSPS) is 12.7. The van der Waals surface area contributed by atoms with Gasteiger partial charge in [0.25, 0.3) is 0 Å². The second kappa shape index (κ2) is 5.83. The zero-order valence-corrected chi connectivity index (χ0v) is 8.30. The molecule has 1 heterocycles. The summed E-state index contributed by atoms with van der Waals surface area (Å²) >= 11 is 0. The topological polar surface area (TPSA) is 56.0 Å². The predicted octanol–water partition coefficient (Wildman–Crippen LogP) is 0.679. The van der Waals surface area contributed by atoms with Gasteiger partial charge in [-0.05, 0) is 30.7 Å². The Kier molecular flexibility index (Phi) is 4.64. The highest BCUT2D eigenvalue weighted by Crippen LogP contribution is 2.01. The molecule has 3 nitrogen and oxygen atoms in total. The maximum atomic E-state index is 11.4. The molecule has 0 aliphatic heterocycles. The summed E-state index contributed by atoms with van der Waals surface area (Å²) in [5, 5.41) is 0. The molecule has 72 valence electrons. The molecule has 1 unspecified atom stereocenters. The first kappa shape index (κ1) is 10.3. The van der Waals surface area contributed by atoms with Gasteiger partial charge in [0.15, 0.2) is 0 Å². The summed E-state index contributed by atoms with van der Waals surface area (Å²) < 4.78 is 11.4. The average Bonchev–Trinajstić information content (AvgIpc) is 2.16. The standard InChI is InChI=1S/C9H14N2OS/c10-4-1-7-13(12)8-9-2-5-11-6-3-9/h2-3,5-6H,1,4,7-8,10H2. The Balaban J connectivity index is 2.37. The van der Waals surface area contributed by atoms with Crippen molar-refractivity contribution < 1.29 is 4.21 Å². The lowest BCUT2D eigenvalue weighted by Gasteiger charge is -2.00. The maximum Gasteiger partial charge on any atom is 0.0486 e. The van der Waals surface area contributed by atoms with E-state index in [-0.39, 0.29) is 0 Å². The van der Waals surface area contributed by atoms with Crippen LogP contribution in [0.25, 0.3) is 0 Å². The van der Waals surface area contributed by atoms with Gasteiger partial charge in [-0.2, -0.15) is 0 Å². The minimum Gasteiger partial charge on any atom is -0.330 e. The second-order valence-electron chi connectivity index (χ2n) is 2.79. The van der Waals surface area contributed by atoms with Gasteiger partial charge in [0.1, 0.15) is 0 Å². The molecular formula is C9H14N2OS. The van der Waals surface area contributed by atoms with Gasteiger partial charge in [-0.1, -0.05) is 0 Å². The van der Waals surface area contributed by atoms with Crippen molar-refractivity contribution in [2.75, 3.05) is 12.3 Å². The van der Waals surface area contributed by atoms with Crippen molar-refractivity contribution in [3.8, 4) is 0 Å². The van der Waals surface area contributed by atoms with Crippen LogP contribution < -0.4 is 5.73 Å². The van der Waals surface area contributed by atoms with E-state index in [4.69, 9.17) is 5.73 Å². The second-order valence-corrected chi connectivity index (χ2v) is 4.36. The lowest BCUT2D eigenvalue weighted by molar-refractivity contribution is 0.680.